The van der Waals surface area contributed by atoms with Crippen molar-refractivity contribution in [2.75, 3.05) is 65.9 Å². The van der Waals surface area contributed by atoms with E-state index in [9.17, 15) is 42.9 Å². The van der Waals surface area contributed by atoms with Gasteiger partial charge in [0.25, 0.3) is 15.6 Å². The van der Waals surface area contributed by atoms with E-state index in [2.05, 4.69) is 62.8 Å². The third kappa shape index (κ3) is 75.9. The first-order valence-corrected chi connectivity index (χ1v) is 47.8. The highest BCUT2D eigenvalue weighted by atomic mass is 31.2. The van der Waals surface area contributed by atoms with E-state index in [0.717, 1.165) is 141 Å². The molecule has 0 fully saturated rings. The van der Waals surface area contributed by atoms with E-state index in [-0.39, 0.29) is 88.3 Å². The van der Waals surface area contributed by atoms with Crippen molar-refractivity contribution in [3.05, 3.63) is 0 Å². The number of phosphoric acid groups is 2. The van der Waals surface area contributed by atoms with Crippen molar-refractivity contribution in [2.24, 2.45) is 0 Å². The largest absolute Gasteiger partial charge is 0.756 e. The number of nitrogens with one attached hydrogen (secondary N) is 4. The minimum absolute atomic E-state index is 0.0616. The molecular weight excluding hydrogens is 1410 g/mol. The Balaban J connectivity index is 5.57. The van der Waals surface area contributed by atoms with Gasteiger partial charge >= 0.3 is 18.0 Å². The van der Waals surface area contributed by atoms with Gasteiger partial charge in [-0.05, 0) is 51.4 Å². The first-order valence-electron chi connectivity index (χ1n) is 44.9. The number of rotatable bonds is 86. The molecule has 0 saturated carbocycles. The van der Waals surface area contributed by atoms with Crippen LogP contribution in [0.5, 0.6) is 0 Å². The van der Waals surface area contributed by atoms with E-state index in [0.29, 0.717) is 51.4 Å². The zero-order chi connectivity index (χ0) is 79.2. The maximum atomic E-state index is 13.3. The molecule has 0 saturated heterocycles. The fourth-order valence-corrected chi connectivity index (χ4v) is 14.8. The minimum Gasteiger partial charge on any atom is -0.756 e. The predicted molar refractivity (Wildman–Crippen MR) is 437 cm³/mol. The van der Waals surface area contributed by atoms with Crippen LogP contribution in [0.15, 0.2) is 0 Å². The molecule has 0 aliphatic carbocycles. The van der Waals surface area contributed by atoms with Crippen LogP contribution in [-0.4, -0.2) is 120 Å². The number of urea groups is 1. The molecule has 0 aromatic rings. The molecule has 108 heavy (non-hydrogen) atoms. The average Bonchev–Trinajstić information content (AvgIpc) is 0.915. The van der Waals surface area contributed by atoms with E-state index < -0.39 is 60.2 Å². The molecule has 0 spiro atoms. The summed E-state index contributed by atoms with van der Waals surface area (Å²) >= 11 is 0. The second-order valence-electron chi connectivity index (χ2n) is 30.7. The molecule has 0 aliphatic rings. The second kappa shape index (κ2) is 79.5. The zero-order valence-corrected chi connectivity index (χ0v) is 71.9. The van der Waals surface area contributed by atoms with Gasteiger partial charge in [0.05, 0.1) is 64.9 Å². The summed E-state index contributed by atoms with van der Waals surface area (Å²) in [4.78, 5) is 91.6. The third-order valence-electron chi connectivity index (χ3n) is 20.0. The zero-order valence-electron chi connectivity index (χ0n) is 70.1. The summed E-state index contributed by atoms with van der Waals surface area (Å²) in [6.07, 6.45) is 62.2. The Labute approximate surface area is 660 Å². The van der Waals surface area contributed by atoms with Gasteiger partial charge in [0, 0.05) is 51.6 Å². The topological polar surface area (TPSA) is 288 Å². The summed E-state index contributed by atoms with van der Waals surface area (Å²) in [6, 6.07) is -2.45. The van der Waals surface area contributed by atoms with Crippen LogP contribution < -0.4 is 31.1 Å². The summed E-state index contributed by atoms with van der Waals surface area (Å²) in [5.41, 5.74) is 0. The van der Waals surface area contributed by atoms with E-state index >= 15 is 0 Å². The third-order valence-corrected chi connectivity index (χ3v) is 21.9. The highest BCUT2D eigenvalue weighted by Gasteiger charge is 2.23. The Morgan fingerprint density at radius 3 is 0.796 bits per heavy atom. The fourth-order valence-electron chi connectivity index (χ4n) is 13.3. The van der Waals surface area contributed by atoms with Crippen molar-refractivity contribution in [2.45, 2.75) is 451 Å². The lowest BCUT2D eigenvalue weighted by Gasteiger charge is -2.26. The van der Waals surface area contributed by atoms with E-state index in [1.807, 2.05) is 0 Å². The van der Waals surface area contributed by atoms with Crippen molar-refractivity contribution in [3.8, 4) is 0 Å². The first-order chi connectivity index (χ1) is 52.5. The maximum absolute atomic E-state index is 13.3. The molecule has 0 aromatic carbocycles. The van der Waals surface area contributed by atoms with Crippen LogP contribution in [0.4, 0.5) is 4.79 Å². The maximum Gasteiger partial charge on any atom is 0.314 e. The standard InChI is InChI=1S/C85H168N4O17P2/c1-7-13-19-25-29-33-36-38-41-44-50-56-62-82(91)89-78(74-100-70-66-80(60-54-48-24-18-12-6)106-84(93)64-58-52-46-42-35-31-27-21-15-9-3)76-104-108(97,98)102-72-68-87-85(94)86-67-71-101-107(95,96)103-75-77(88-81(90)61-55-49-43-40-37-34-30-26-20-14-8-2)73-99-69-65-79(59-53-47-23-17-11-5)105-83(92)63-57-51-45-39-32-28-22-16-10-4/h77-80H,7-76H2,1-6H3,(H,88,90)(H,89,91)(H,95,96)(H,97,98)(H2,86,87,94)/p-2. The van der Waals surface area contributed by atoms with Crippen molar-refractivity contribution in [3.63, 3.8) is 0 Å². The lowest BCUT2D eigenvalue weighted by atomic mass is 10.0. The van der Waals surface area contributed by atoms with Gasteiger partial charge in [-0.1, -0.05) is 337 Å². The van der Waals surface area contributed by atoms with Gasteiger partial charge < -0.3 is 68.1 Å². The molecular formula is C85H166N4O17P2-2. The smallest absolute Gasteiger partial charge is 0.314 e. The number of amides is 4. The van der Waals surface area contributed by atoms with Gasteiger partial charge in [-0.3, -0.25) is 28.3 Å². The van der Waals surface area contributed by atoms with Crippen LogP contribution in [0.2, 0.25) is 0 Å². The van der Waals surface area contributed by atoms with E-state index in [4.69, 9.17) is 37.0 Å². The van der Waals surface area contributed by atoms with Gasteiger partial charge in [0.15, 0.2) is 0 Å². The van der Waals surface area contributed by atoms with Gasteiger partial charge in [-0.2, -0.15) is 0 Å². The molecule has 640 valence electrons. The van der Waals surface area contributed by atoms with Crippen molar-refractivity contribution >= 4 is 45.4 Å². The lowest BCUT2D eigenvalue weighted by Crippen LogP contribution is -2.42. The fraction of sp³-hybridized carbons (Fsp3) is 0.941. The highest BCUT2D eigenvalue weighted by Crippen LogP contribution is 2.39. The van der Waals surface area contributed by atoms with Crippen LogP contribution in [0.3, 0.4) is 0 Å². The van der Waals surface area contributed by atoms with Gasteiger partial charge in [0.2, 0.25) is 11.8 Å². The van der Waals surface area contributed by atoms with Crippen molar-refractivity contribution < 1.29 is 79.9 Å². The van der Waals surface area contributed by atoms with Crippen LogP contribution >= 0.6 is 15.6 Å². The SMILES string of the molecule is CCCCCCCCCCCCCCC(=O)NC(COCCC(CCCCCCC)OC(=O)CCCCCCCCCCCC)COP(=O)([O-])OCCNC(=O)NCCOP(=O)([O-])OCC(COCCC(CCCCCCC)OC(=O)CCCCCCCCCCC)NC(=O)CCCCCCCCCCCCC. The molecule has 0 rings (SSSR count). The second-order valence-corrected chi connectivity index (χ2v) is 33.5. The molecule has 0 heterocycles. The molecule has 6 unspecified atom stereocenters. The average molecular weight is 1580 g/mol. The summed E-state index contributed by atoms with van der Waals surface area (Å²) < 4.78 is 71.0. The molecule has 23 heteroatoms. The van der Waals surface area contributed by atoms with Gasteiger partial charge in [-0.15, -0.1) is 0 Å². The molecule has 6 atom stereocenters. The Morgan fingerprint density at radius 2 is 0.528 bits per heavy atom. The molecule has 0 aliphatic heterocycles. The van der Waals surface area contributed by atoms with E-state index in [1.165, 1.54) is 180 Å². The Hall–Kier alpha value is -2.71. The number of phosphoric ester groups is 2. The summed E-state index contributed by atoms with van der Waals surface area (Å²) in [5.74, 6) is -0.908. The monoisotopic (exact) mass is 1580 g/mol. The normalized spacial score (nSPS) is 13.9. The number of unbranched alkanes of at least 4 members (excludes halogenated alkanes) is 46. The Kier molecular flexibility index (Phi) is 77.5. The first kappa shape index (κ1) is 105. The molecule has 0 bridgehead atoms. The van der Waals surface area contributed by atoms with Gasteiger partial charge in [-0.25, -0.2) is 4.79 Å². The lowest BCUT2D eigenvalue weighted by molar-refractivity contribution is -0.227. The van der Waals surface area contributed by atoms with Crippen LogP contribution in [-0.2, 0) is 65.4 Å². The van der Waals surface area contributed by atoms with Crippen LogP contribution in [0, 0.1) is 0 Å². The van der Waals surface area contributed by atoms with Crippen molar-refractivity contribution in [1.29, 1.82) is 0 Å². The highest BCUT2D eigenvalue weighted by molar-refractivity contribution is 7.46. The van der Waals surface area contributed by atoms with Crippen molar-refractivity contribution in [1.82, 2.24) is 21.3 Å². The minimum atomic E-state index is -4.96. The quantitative estimate of drug-likeness (QED) is 0.0250. The summed E-state index contributed by atoms with van der Waals surface area (Å²) in [6.45, 7) is 11.1. The van der Waals surface area contributed by atoms with E-state index in [1.54, 1.807) is 0 Å². The molecule has 0 radical (unpaired) electrons. The van der Waals surface area contributed by atoms with Gasteiger partial charge in [0.1, 0.15) is 12.2 Å². The van der Waals surface area contributed by atoms with Crippen LogP contribution in [0.1, 0.15) is 427 Å². The number of carbonyl (C=O) groups is 5. The summed E-state index contributed by atoms with van der Waals surface area (Å²) in [5, 5.41) is 10.7. The Morgan fingerprint density at radius 1 is 0.287 bits per heavy atom. The number of ether oxygens (including phenoxy) is 4. The molecule has 4 amide bonds. The van der Waals surface area contributed by atoms with Crippen LogP contribution in [0.25, 0.3) is 0 Å². The number of carbonyl (C=O) groups excluding carboxylic acids is 5. The number of esters is 2. The molecule has 0 aromatic heterocycles. The molecule has 4 N–H and O–H groups in total. The summed E-state index contributed by atoms with van der Waals surface area (Å²) in [7, 11) is -9.92. The molecule has 21 nitrogen and oxygen atoms in total. The predicted octanol–water partition coefficient (Wildman–Crippen LogP) is 21.6. The number of hydrogen-bond acceptors (Lipinski definition) is 17. The Bertz CT molecular complexity index is 2140. The number of hydrogen-bond donors (Lipinski definition) is 4.